The molecule has 1 saturated heterocycles. The zero-order valence-electron chi connectivity index (χ0n) is 16.5. The maximum absolute atomic E-state index is 12.9. The summed E-state index contributed by atoms with van der Waals surface area (Å²) in [6.07, 6.45) is 2.68. The number of ether oxygens (including phenoxy) is 3. The Bertz CT molecular complexity index is 1200. The molecule has 0 aromatic heterocycles. The molecule has 2 heterocycles. The Kier molecular flexibility index (Phi) is 5.26. The minimum absolute atomic E-state index is 0.0312. The summed E-state index contributed by atoms with van der Waals surface area (Å²) >= 11 is 5.22. The second-order valence-electron chi connectivity index (χ2n) is 6.54. The molecule has 31 heavy (non-hydrogen) atoms. The minimum Gasteiger partial charge on any atom is -0.493 e. The molecule has 2 aromatic rings. The smallest absolute Gasteiger partial charge is 0.349 e. The number of amides is 1. The lowest BCUT2D eigenvalue weighted by Crippen LogP contribution is -2.31. The molecule has 0 atom stereocenters. The van der Waals surface area contributed by atoms with Crippen molar-refractivity contribution in [2.75, 3.05) is 14.2 Å². The second-order valence-corrected chi connectivity index (χ2v) is 6.92. The highest BCUT2D eigenvalue weighted by Crippen LogP contribution is 2.30. The highest BCUT2D eigenvalue weighted by atomic mass is 32.1. The number of carbonyl (C=O) groups excluding carboxylic acids is 3. The molecule has 8 nitrogen and oxygen atoms in total. The summed E-state index contributed by atoms with van der Waals surface area (Å²) in [6, 6.07) is 11.5. The Balaban J connectivity index is 1.64. The van der Waals surface area contributed by atoms with E-state index in [9.17, 15) is 14.4 Å². The Labute approximate surface area is 182 Å². The first kappa shape index (κ1) is 20.3. The molecule has 4 rings (SSSR count). The number of esters is 1. The molecule has 0 aliphatic carbocycles. The molecular formula is C22H16N2O6S. The molecule has 2 aliphatic heterocycles. The van der Waals surface area contributed by atoms with Gasteiger partial charge in [0.1, 0.15) is 17.0 Å². The average Bonchev–Trinajstić information content (AvgIpc) is 3.03. The topological polar surface area (TPSA) is 94.2 Å². The van der Waals surface area contributed by atoms with Crippen LogP contribution in [0.15, 0.2) is 59.9 Å². The number of benzene rings is 2. The number of nitrogens with zero attached hydrogens (tertiary/aromatic N) is 1. The lowest BCUT2D eigenvalue weighted by atomic mass is 10.0. The normalized spacial score (nSPS) is 18.2. The van der Waals surface area contributed by atoms with Crippen LogP contribution in [-0.2, 0) is 9.59 Å². The summed E-state index contributed by atoms with van der Waals surface area (Å²) in [5.74, 6) is -0.690. The number of carbonyl (C=O) groups is 3. The van der Waals surface area contributed by atoms with Crippen molar-refractivity contribution in [3.8, 4) is 17.2 Å². The number of hydrogen-bond donors (Lipinski definition) is 1. The summed E-state index contributed by atoms with van der Waals surface area (Å²) in [6.45, 7) is 0. The van der Waals surface area contributed by atoms with E-state index in [2.05, 4.69) is 5.32 Å². The van der Waals surface area contributed by atoms with Gasteiger partial charge in [-0.2, -0.15) is 0 Å². The van der Waals surface area contributed by atoms with E-state index in [-0.39, 0.29) is 27.7 Å². The number of nitrogens with one attached hydrogen (secondary N) is 1. The highest BCUT2D eigenvalue weighted by molar-refractivity contribution is 7.80. The van der Waals surface area contributed by atoms with Crippen molar-refractivity contribution in [1.82, 2.24) is 10.2 Å². The Hall–Kier alpha value is -3.98. The molecule has 2 aliphatic rings. The van der Waals surface area contributed by atoms with Crippen molar-refractivity contribution in [1.29, 1.82) is 0 Å². The van der Waals surface area contributed by atoms with Gasteiger partial charge in [-0.3, -0.25) is 14.5 Å². The van der Waals surface area contributed by atoms with Crippen LogP contribution in [0.5, 0.6) is 17.2 Å². The maximum Gasteiger partial charge on any atom is 0.349 e. The van der Waals surface area contributed by atoms with Gasteiger partial charge in [0, 0.05) is 6.20 Å². The quantitative estimate of drug-likeness (QED) is 0.257. The number of para-hydroxylation sites is 1. The number of methoxy groups -OCH3 is 2. The molecular weight excluding hydrogens is 420 g/mol. The molecule has 156 valence electrons. The first-order valence-corrected chi connectivity index (χ1v) is 9.49. The summed E-state index contributed by atoms with van der Waals surface area (Å²) in [5.41, 5.74) is 0.780. The van der Waals surface area contributed by atoms with Crippen molar-refractivity contribution < 1.29 is 28.6 Å². The fourth-order valence-corrected chi connectivity index (χ4v) is 3.40. The predicted octanol–water partition coefficient (Wildman–Crippen LogP) is 2.45. The first-order valence-electron chi connectivity index (χ1n) is 9.09. The molecule has 1 amide bonds. The van der Waals surface area contributed by atoms with Gasteiger partial charge in [-0.15, -0.1) is 0 Å². The van der Waals surface area contributed by atoms with Crippen LogP contribution in [0, 0.1) is 0 Å². The minimum atomic E-state index is -0.850. The lowest BCUT2D eigenvalue weighted by molar-refractivity contribution is -0.130. The molecule has 0 saturated carbocycles. The molecule has 1 N–H and O–H groups in total. The van der Waals surface area contributed by atoms with E-state index in [1.165, 1.54) is 20.3 Å². The fraction of sp³-hybridized carbons (Fsp3) is 0.0909. The molecule has 0 radical (unpaired) electrons. The van der Waals surface area contributed by atoms with E-state index >= 15 is 0 Å². The molecule has 0 spiro atoms. The van der Waals surface area contributed by atoms with Crippen LogP contribution in [0.4, 0.5) is 0 Å². The average molecular weight is 436 g/mol. The summed E-state index contributed by atoms with van der Waals surface area (Å²) in [7, 11) is 3.03. The number of hydrogen-bond acceptors (Lipinski definition) is 7. The van der Waals surface area contributed by atoms with Crippen LogP contribution >= 0.6 is 12.2 Å². The number of fused-ring (bicyclic) bond motifs is 1. The molecule has 0 bridgehead atoms. The molecule has 1 fully saturated rings. The number of rotatable bonds is 4. The third-order valence-electron chi connectivity index (χ3n) is 4.69. The first-order chi connectivity index (χ1) is 14.9. The predicted molar refractivity (Wildman–Crippen MR) is 115 cm³/mol. The SMILES string of the molecule is COc1ccc(/C=C2\NC(=S)N(/C=C3\C(=O)Oc4ccccc4C3=O)C2=O)cc1OC. The van der Waals surface area contributed by atoms with E-state index in [4.69, 9.17) is 26.4 Å². The third kappa shape index (κ3) is 3.66. The third-order valence-corrected chi connectivity index (χ3v) is 4.98. The second kappa shape index (κ2) is 8.04. The van der Waals surface area contributed by atoms with Crippen molar-refractivity contribution >= 4 is 41.1 Å². The van der Waals surface area contributed by atoms with E-state index in [0.717, 1.165) is 11.1 Å². The van der Waals surface area contributed by atoms with Gasteiger partial charge in [0.15, 0.2) is 16.6 Å². The monoisotopic (exact) mass is 436 g/mol. The van der Waals surface area contributed by atoms with Gasteiger partial charge in [-0.25, -0.2) is 4.79 Å². The zero-order chi connectivity index (χ0) is 22.1. The van der Waals surface area contributed by atoms with Gasteiger partial charge in [-0.05, 0) is 48.1 Å². The van der Waals surface area contributed by atoms with Crippen molar-refractivity contribution in [3.63, 3.8) is 0 Å². The largest absolute Gasteiger partial charge is 0.493 e. The Morgan fingerprint density at radius 1 is 1.03 bits per heavy atom. The van der Waals surface area contributed by atoms with E-state index in [1.54, 1.807) is 42.5 Å². The van der Waals surface area contributed by atoms with Crippen LogP contribution in [0.2, 0.25) is 0 Å². The van der Waals surface area contributed by atoms with Crippen molar-refractivity contribution in [3.05, 3.63) is 71.1 Å². The van der Waals surface area contributed by atoms with Gasteiger partial charge in [-0.1, -0.05) is 18.2 Å². The summed E-state index contributed by atoms with van der Waals surface area (Å²) in [5, 5.41) is 2.83. The number of Topliss-reactive ketones (excluding diaryl/α,β-unsaturated/α-hetero) is 1. The van der Waals surface area contributed by atoms with Crippen LogP contribution < -0.4 is 19.5 Å². The molecule has 2 aromatic carbocycles. The summed E-state index contributed by atoms with van der Waals surface area (Å²) < 4.78 is 15.7. The van der Waals surface area contributed by atoms with Gasteiger partial charge in [0.05, 0.1) is 19.8 Å². The van der Waals surface area contributed by atoms with Crippen LogP contribution in [0.25, 0.3) is 6.08 Å². The Morgan fingerprint density at radius 2 is 1.77 bits per heavy atom. The fourth-order valence-electron chi connectivity index (χ4n) is 3.15. The highest BCUT2D eigenvalue weighted by Gasteiger charge is 2.35. The van der Waals surface area contributed by atoms with Gasteiger partial charge < -0.3 is 19.5 Å². The van der Waals surface area contributed by atoms with Gasteiger partial charge in [0.25, 0.3) is 5.91 Å². The van der Waals surface area contributed by atoms with Crippen LogP contribution in [-0.4, -0.2) is 41.9 Å². The number of ketones is 1. The van der Waals surface area contributed by atoms with E-state index in [0.29, 0.717) is 17.1 Å². The Morgan fingerprint density at radius 3 is 2.52 bits per heavy atom. The lowest BCUT2D eigenvalue weighted by Gasteiger charge is -2.18. The van der Waals surface area contributed by atoms with Gasteiger partial charge >= 0.3 is 5.97 Å². The van der Waals surface area contributed by atoms with E-state index < -0.39 is 17.7 Å². The molecule has 0 unspecified atom stereocenters. The number of thiocarbonyl (C=S) groups is 1. The van der Waals surface area contributed by atoms with Crippen molar-refractivity contribution in [2.45, 2.75) is 0 Å². The molecule has 9 heteroatoms. The zero-order valence-corrected chi connectivity index (χ0v) is 17.3. The van der Waals surface area contributed by atoms with Crippen LogP contribution in [0.3, 0.4) is 0 Å². The maximum atomic E-state index is 12.9. The van der Waals surface area contributed by atoms with Crippen LogP contribution in [0.1, 0.15) is 15.9 Å². The van der Waals surface area contributed by atoms with E-state index in [1.807, 2.05) is 0 Å². The standard InChI is InChI=1S/C22H16N2O6S/c1-28-17-8-7-12(10-18(17)29-2)9-15-20(26)24(22(31)23-15)11-14-19(25)13-5-3-4-6-16(13)30-21(14)27/h3-11H,1-2H3,(H,23,31)/b14-11-,15-9-. The summed E-state index contributed by atoms with van der Waals surface area (Å²) in [4.78, 5) is 38.9. The van der Waals surface area contributed by atoms with Gasteiger partial charge in [0.2, 0.25) is 5.78 Å². The van der Waals surface area contributed by atoms with Crippen molar-refractivity contribution in [2.24, 2.45) is 0 Å².